The maximum atomic E-state index is 12.0. The lowest BCUT2D eigenvalue weighted by atomic mass is 10.0. The SMILES string of the molecule is CCCCCCCCCCCCCCCCCCCCCCOC(=O)CCCCCCCCCCCCCCCCC. The minimum atomic E-state index is 0.0301. The maximum absolute atomic E-state index is 12.0. The first-order valence-corrected chi connectivity index (χ1v) is 20.0. The molecule has 0 spiro atoms. The van der Waals surface area contributed by atoms with Gasteiger partial charge < -0.3 is 4.74 Å². The van der Waals surface area contributed by atoms with Gasteiger partial charge in [-0.2, -0.15) is 0 Å². The van der Waals surface area contributed by atoms with Gasteiger partial charge in [0.25, 0.3) is 0 Å². The second-order valence-corrected chi connectivity index (χ2v) is 13.6. The first-order valence-electron chi connectivity index (χ1n) is 20.0. The molecule has 0 amide bonds. The number of esters is 1. The Morgan fingerprint density at radius 2 is 0.524 bits per heavy atom. The van der Waals surface area contributed by atoms with Gasteiger partial charge >= 0.3 is 5.97 Å². The van der Waals surface area contributed by atoms with Crippen LogP contribution in [0.4, 0.5) is 0 Å². The molecule has 0 aliphatic rings. The molecule has 42 heavy (non-hydrogen) atoms. The Morgan fingerprint density at radius 1 is 0.310 bits per heavy atom. The summed E-state index contributed by atoms with van der Waals surface area (Å²) in [6.45, 7) is 5.22. The van der Waals surface area contributed by atoms with Gasteiger partial charge in [0.2, 0.25) is 0 Å². The summed E-state index contributed by atoms with van der Waals surface area (Å²) in [4.78, 5) is 12.0. The lowest BCUT2D eigenvalue weighted by molar-refractivity contribution is -0.143. The first-order chi connectivity index (χ1) is 20.8. The van der Waals surface area contributed by atoms with Crippen LogP contribution >= 0.6 is 0 Å². The van der Waals surface area contributed by atoms with E-state index in [2.05, 4.69) is 13.8 Å². The summed E-state index contributed by atoms with van der Waals surface area (Å²) in [7, 11) is 0. The van der Waals surface area contributed by atoms with E-state index in [4.69, 9.17) is 4.74 Å². The Kier molecular flexibility index (Phi) is 38.0. The largest absolute Gasteiger partial charge is 0.466 e. The summed E-state index contributed by atoms with van der Waals surface area (Å²) in [6.07, 6.45) is 49.0. The molecule has 0 rings (SSSR count). The number of carbonyl (C=O) groups is 1. The zero-order valence-electron chi connectivity index (χ0n) is 29.5. The van der Waals surface area contributed by atoms with Crippen molar-refractivity contribution in [3.8, 4) is 0 Å². The van der Waals surface area contributed by atoms with E-state index in [1.807, 2.05) is 0 Å². The zero-order valence-corrected chi connectivity index (χ0v) is 29.5. The predicted octanol–water partition coefficient (Wildman–Crippen LogP) is 14.6. The van der Waals surface area contributed by atoms with Crippen molar-refractivity contribution in [2.45, 2.75) is 245 Å². The van der Waals surface area contributed by atoms with Gasteiger partial charge in [0.15, 0.2) is 0 Å². The molecule has 2 nitrogen and oxygen atoms in total. The van der Waals surface area contributed by atoms with E-state index < -0.39 is 0 Å². The molecule has 0 unspecified atom stereocenters. The molecule has 0 radical (unpaired) electrons. The zero-order chi connectivity index (χ0) is 30.4. The molecule has 0 aromatic rings. The Morgan fingerprint density at radius 3 is 0.786 bits per heavy atom. The van der Waals surface area contributed by atoms with Gasteiger partial charge in [-0.1, -0.05) is 226 Å². The number of rotatable bonds is 37. The summed E-state index contributed by atoms with van der Waals surface area (Å²) in [5, 5.41) is 0. The van der Waals surface area contributed by atoms with E-state index in [1.54, 1.807) is 0 Å². The van der Waals surface area contributed by atoms with Gasteiger partial charge in [-0.15, -0.1) is 0 Å². The molecule has 0 saturated heterocycles. The van der Waals surface area contributed by atoms with Crippen molar-refractivity contribution >= 4 is 5.97 Å². The number of carbonyl (C=O) groups excluding carboxylic acids is 1. The van der Waals surface area contributed by atoms with Gasteiger partial charge in [0.05, 0.1) is 6.61 Å². The van der Waals surface area contributed by atoms with Crippen molar-refractivity contribution in [3.63, 3.8) is 0 Å². The van der Waals surface area contributed by atoms with Crippen molar-refractivity contribution in [1.29, 1.82) is 0 Å². The molecule has 0 N–H and O–H groups in total. The smallest absolute Gasteiger partial charge is 0.305 e. The van der Waals surface area contributed by atoms with Crippen LogP contribution in [0.3, 0.4) is 0 Å². The van der Waals surface area contributed by atoms with E-state index in [1.165, 1.54) is 212 Å². The second kappa shape index (κ2) is 38.5. The van der Waals surface area contributed by atoms with Crippen molar-refractivity contribution in [2.24, 2.45) is 0 Å². The minimum Gasteiger partial charge on any atom is -0.466 e. The summed E-state index contributed by atoms with van der Waals surface area (Å²) in [6, 6.07) is 0. The summed E-state index contributed by atoms with van der Waals surface area (Å²) in [5.41, 5.74) is 0. The lowest BCUT2D eigenvalue weighted by Gasteiger charge is -2.06. The highest BCUT2D eigenvalue weighted by molar-refractivity contribution is 5.69. The molecule has 0 aliphatic heterocycles. The molecule has 0 heterocycles. The standard InChI is InChI=1S/C40H80O2/c1-3-5-7-9-11-13-15-17-19-20-21-22-23-25-27-29-31-33-35-37-39-42-40(41)38-36-34-32-30-28-26-24-18-16-14-12-10-8-6-4-2/h3-39H2,1-2H3. The van der Waals surface area contributed by atoms with Crippen LogP contribution in [0.5, 0.6) is 0 Å². The summed E-state index contributed by atoms with van der Waals surface area (Å²) in [5.74, 6) is 0.0301. The Hall–Kier alpha value is -0.530. The Bertz CT molecular complexity index is 488. The third kappa shape index (κ3) is 37.5. The quantitative estimate of drug-likeness (QED) is 0.0529. The normalized spacial score (nSPS) is 11.4. The average Bonchev–Trinajstić information content (AvgIpc) is 3.00. The van der Waals surface area contributed by atoms with Crippen LogP contribution in [0, 0.1) is 0 Å². The Balaban J connectivity index is 3.13. The summed E-state index contributed by atoms with van der Waals surface area (Å²) >= 11 is 0. The second-order valence-electron chi connectivity index (χ2n) is 13.6. The number of unbranched alkanes of at least 4 members (excludes halogenated alkanes) is 33. The fourth-order valence-electron chi connectivity index (χ4n) is 6.26. The first kappa shape index (κ1) is 41.5. The molecule has 0 fully saturated rings. The van der Waals surface area contributed by atoms with Gasteiger partial charge in [-0.05, 0) is 12.8 Å². The fourth-order valence-corrected chi connectivity index (χ4v) is 6.26. The molecule has 0 atom stereocenters. The molecular weight excluding hydrogens is 512 g/mol. The number of hydrogen-bond donors (Lipinski definition) is 0. The number of hydrogen-bond acceptors (Lipinski definition) is 2. The molecule has 252 valence electrons. The van der Waals surface area contributed by atoms with Gasteiger partial charge in [-0.3, -0.25) is 4.79 Å². The minimum absolute atomic E-state index is 0.0301. The van der Waals surface area contributed by atoms with Crippen molar-refractivity contribution in [1.82, 2.24) is 0 Å². The van der Waals surface area contributed by atoms with Crippen LogP contribution in [0.2, 0.25) is 0 Å². The van der Waals surface area contributed by atoms with Crippen LogP contribution in [-0.4, -0.2) is 12.6 Å². The molecule has 0 saturated carbocycles. The third-order valence-electron chi connectivity index (χ3n) is 9.25. The molecule has 0 aliphatic carbocycles. The van der Waals surface area contributed by atoms with E-state index in [9.17, 15) is 4.79 Å². The summed E-state index contributed by atoms with van der Waals surface area (Å²) < 4.78 is 5.46. The number of ether oxygens (including phenoxy) is 1. The highest BCUT2D eigenvalue weighted by atomic mass is 16.5. The van der Waals surface area contributed by atoms with E-state index in [0.717, 1.165) is 12.8 Å². The third-order valence-corrected chi connectivity index (χ3v) is 9.25. The van der Waals surface area contributed by atoms with Crippen LogP contribution in [-0.2, 0) is 9.53 Å². The highest BCUT2D eigenvalue weighted by Crippen LogP contribution is 2.16. The molecule has 0 aromatic carbocycles. The highest BCUT2D eigenvalue weighted by Gasteiger charge is 2.03. The predicted molar refractivity (Wildman–Crippen MR) is 189 cm³/mol. The molecular formula is C40H80O2. The van der Waals surface area contributed by atoms with Crippen LogP contribution in [0.1, 0.15) is 245 Å². The van der Waals surface area contributed by atoms with Crippen molar-refractivity contribution in [2.75, 3.05) is 6.61 Å². The molecule has 2 heteroatoms. The van der Waals surface area contributed by atoms with E-state index >= 15 is 0 Å². The van der Waals surface area contributed by atoms with E-state index in [0.29, 0.717) is 13.0 Å². The lowest BCUT2D eigenvalue weighted by Crippen LogP contribution is -2.05. The van der Waals surface area contributed by atoms with Crippen molar-refractivity contribution < 1.29 is 9.53 Å². The van der Waals surface area contributed by atoms with E-state index in [-0.39, 0.29) is 5.97 Å². The Labute approximate surface area is 266 Å². The maximum Gasteiger partial charge on any atom is 0.305 e. The monoisotopic (exact) mass is 593 g/mol. The van der Waals surface area contributed by atoms with Crippen molar-refractivity contribution in [3.05, 3.63) is 0 Å². The van der Waals surface area contributed by atoms with Gasteiger partial charge in [0, 0.05) is 6.42 Å². The topological polar surface area (TPSA) is 26.3 Å². The van der Waals surface area contributed by atoms with Crippen LogP contribution in [0.15, 0.2) is 0 Å². The van der Waals surface area contributed by atoms with Gasteiger partial charge in [0.1, 0.15) is 0 Å². The van der Waals surface area contributed by atoms with Gasteiger partial charge in [-0.25, -0.2) is 0 Å². The van der Waals surface area contributed by atoms with Crippen LogP contribution < -0.4 is 0 Å². The average molecular weight is 593 g/mol. The molecule has 0 aromatic heterocycles. The fraction of sp³-hybridized carbons (Fsp3) is 0.975. The van der Waals surface area contributed by atoms with Crippen LogP contribution in [0.25, 0.3) is 0 Å². The molecule has 0 bridgehead atoms.